The molecule has 0 amide bonds. The Balaban J connectivity index is 1.80. The summed E-state index contributed by atoms with van der Waals surface area (Å²) in [5.41, 5.74) is 0.281. The van der Waals surface area contributed by atoms with Crippen LogP contribution in [0.3, 0.4) is 0 Å². The minimum Gasteiger partial charge on any atom is -0.378 e. The molecule has 2 nitrogen and oxygen atoms in total. The van der Waals surface area contributed by atoms with Gasteiger partial charge in [-0.1, -0.05) is 20.8 Å². The molecule has 1 N–H and O–H groups in total. The molecule has 2 rings (SSSR count). The summed E-state index contributed by atoms with van der Waals surface area (Å²) in [5.74, 6) is 2.67. The van der Waals surface area contributed by atoms with E-state index in [-0.39, 0.29) is 5.41 Å². The summed E-state index contributed by atoms with van der Waals surface area (Å²) in [6.45, 7) is 7.80. The monoisotopic (exact) mass is 257 g/mol. The first kappa shape index (κ1) is 13.7. The molecule has 2 aliphatic heterocycles. The molecule has 0 spiro atoms. The largest absolute Gasteiger partial charge is 0.378 e. The summed E-state index contributed by atoms with van der Waals surface area (Å²) >= 11 is 2.10. The lowest BCUT2D eigenvalue weighted by molar-refractivity contribution is -0.0593. The summed E-state index contributed by atoms with van der Waals surface area (Å²) in [6.07, 6.45) is 5.50. The van der Waals surface area contributed by atoms with Gasteiger partial charge in [0.15, 0.2) is 0 Å². The Morgan fingerprint density at radius 2 is 1.76 bits per heavy atom. The minimum atomic E-state index is 0.281. The molecule has 0 aromatic heterocycles. The van der Waals surface area contributed by atoms with Crippen molar-refractivity contribution in [3.05, 3.63) is 0 Å². The van der Waals surface area contributed by atoms with E-state index < -0.39 is 0 Å². The molecule has 2 aliphatic rings. The van der Waals surface area contributed by atoms with Crippen LogP contribution in [0.5, 0.6) is 0 Å². The van der Waals surface area contributed by atoms with Gasteiger partial charge >= 0.3 is 0 Å². The normalized spacial score (nSPS) is 32.6. The van der Waals surface area contributed by atoms with Crippen LogP contribution < -0.4 is 5.32 Å². The lowest BCUT2D eigenvalue weighted by Crippen LogP contribution is -2.48. The number of hydrogen-bond acceptors (Lipinski definition) is 3. The summed E-state index contributed by atoms with van der Waals surface area (Å²) in [6, 6.07) is 1.45. The molecular formula is C14H27NOS. The molecule has 100 valence electrons. The van der Waals surface area contributed by atoms with E-state index in [1.165, 1.54) is 37.2 Å². The fourth-order valence-electron chi connectivity index (χ4n) is 2.75. The highest BCUT2D eigenvalue weighted by Crippen LogP contribution is 2.30. The molecule has 17 heavy (non-hydrogen) atoms. The molecule has 0 saturated carbocycles. The third kappa shape index (κ3) is 4.15. The van der Waals surface area contributed by atoms with Crippen LogP contribution in [0.15, 0.2) is 0 Å². The molecule has 0 radical (unpaired) electrons. The molecule has 3 heteroatoms. The Hall–Kier alpha value is 0.270. The van der Waals surface area contributed by atoms with Gasteiger partial charge in [-0.2, -0.15) is 11.8 Å². The second kappa shape index (κ2) is 5.94. The second-order valence-electron chi connectivity index (χ2n) is 6.50. The summed E-state index contributed by atoms with van der Waals surface area (Å²) in [7, 11) is 0. The van der Waals surface area contributed by atoms with Crippen molar-refractivity contribution in [1.82, 2.24) is 5.32 Å². The van der Waals surface area contributed by atoms with Gasteiger partial charge in [0.2, 0.25) is 0 Å². The third-order valence-electron chi connectivity index (χ3n) is 3.94. The lowest BCUT2D eigenvalue weighted by Gasteiger charge is -2.39. The van der Waals surface area contributed by atoms with Crippen molar-refractivity contribution in [3.8, 4) is 0 Å². The Morgan fingerprint density at radius 3 is 2.41 bits per heavy atom. The van der Waals surface area contributed by atoms with Crippen molar-refractivity contribution in [2.24, 2.45) is 5.41 Å². The second-order valence-corrected chi connectivity index (χ2v) is 7.72. The number of nitrogens with one attached hydrogen (secondary N) is 1. The molecule has 0 bridgehead atoms. The molecule has 0 aromatic carbocycles. The Bertz CT molecular complexity index is 233. The zero-order valence-electron chi connectivity index (χ0n) is 11.5. The number of rotatable bonds is 2. The average Bonchev–Trinajstić information content (AvgIpc) is 2.29. The molecule has 2 fully saturated rings. The quantitative estimate of drug-likeness (QED) is 0.821. The lowest BCUT2D eigenvalue weighted by atomic mass is 9.83. The molecule has 0 aromatic rings. The predicted octanol–water partition coefficient (Wildman–Crippen LogP) is 3.07. The van der Waals surface area contributed by atoms with Crippen molar-refractivity contribution in [3.63, 3.8) is 0 Å². The van der Waals surface area contributed by atoms with Crippen LogP contribution in [0.4, 0.5) is 0 Å². The van der Waals surface area contributed by atoms with Gasteiger partial charge in [0.25, 0.3) is 0 Å². The van der Waals surface area contributed by atoms with Crippen molar-refractivity contribution in [1.29, 1.82) is 0 Å². The summed E-state index contributed by atoms with van der Waals surface area (Å²) in [5, 5.41) is 3.87. The predicted molar refractivity (Wildman–Crippen MR) is 75.7 cm³/mol. The Kier molecular flexibility index (Phi) is 4.79. The van der Waals surface area contributed by atoms with Crippen LogP contribution >= 0.6 is 11.8 Å². The van der Waals surface area contributed by atoms with E-state index in [1.807, 2.05) is 0 Å². The maximum absolute atomic E-state index is 5.92. The van der Waals surface area contributed by atoms with Crippen LogP contribution in [0.2, 0.25) is 0 Å². The standard InChI is InChI=1S/C14H27NOS/c1-14(2,3)13-10-12(4-7-16-13)15-11-5-8-17-9-6-11/h11-13,15H,4-10H2,1-3H3/t12-,13+/m1/s1. The van der Waals surface area contributed by atoms with Crippen LogP contribution in [0.1, 0.15) is 46.5 Å². The SMILES string of the molecule is CC(C)(C)[C@@H]1C[C@H](NC2CCSCC2)CCO1. The van der Waals surface area contributed by atoms with Gasteiger partial charge in [-0.15, -0.1) is 0 Å². The summed E-state index contributed by atoms with van der Waals surface area (Å²) < 4.78 is 5.92. The molecule has 0 unspecified atom stereocenters. The number of ether oxygens (including phenoxy) is 1. The topological polar surface area (TPSA) is 21.3 Å². The molecule has 2 saturated heterocycles. The van der Waals surface area contributed by atoms with Crippen LogP contribution in [0, 0.1) is 5.41 Å². The molecule has 2 atom stereocenters. The van der Waals surface area contributed by atoms with Crippen molar-refractivity contribution in [2.75, 3.05) is 18.1 Å². The van der Waals surface area contributed by atoms with E-state index >= 15 is 0 Å². The number of hydrogen-bond donors (Lipinski definition) is 1. The van der Waals surface area contributed by atoms with Crippen molar-refractivity contribution >= 4 is 11.8 Å². The third-order valence-corrected chi connectivity index (χ3v) is 4.99. The van der Waals surface area contributed by atoms with Crippen molar-refractivity contribution in [2.45, 2.75) is 64.6 Å². The first-order valence-corrected chi connectivity index (χ1v) is 8.16. The maximum Gasteiger partial charge on any atom is 0.0638 e. The zero-order valence-corrected chi connectivity index (χ0v) is 12.3. The molecule has 2 heterocycles. The van der Waals surface area contributed by atoms with Gasteiger partial charge in [-0.3, -0.25) is 0 Å². The molecule has 0 aliphatic carbocycles. The molecular weight excluding hydrogens is 230 g/mol. The highest BCUT2D eigenvalue weighted by molar-refractivity contribution is 7.99. The van der Waals surface area contributed by atoms with E-state index in [4.69, 9.17) is 4.74 Å². The van der Waals surface area contributed by atoms with E-state index in [2.05, 4.69) is 37.8 Å². The fourth-order valence-corrected chi connectivity index (χ4v) is 3.86. The average molecular weight is 257 g/mol. The Morgan fingerprint density at radius 1 is 1.06 bits per heavy atom. The van der Waals surface area contributed by atoms with Gasteiger partial charge in [-0.25, -0.2) is 0 Å². The van der Waals surface area contributed by atoms with Crippen LogP contribution in [0.25, 0.3) is 0 Å². The van der Waals surface area contributed by atoms with Crippen LogP contribution in [-0.2, 0) is 4.74 Å². The van der Waals surface area contributed by atoms with E-state index in [0.717, 1.165) is 12.6 Å². The smallest absolute Gasteiger partial charge is 0.0638 e. The zero-order chi connectivity index (χ0) is 12.3. The first-order chi connectivity index (χ1) is 8.05. The van der Waals surface area contributed by atoms with Crippen molar-refractivity contribution < 1.29 is 4.74 Å². The first-order valence-electron chi connectivity index (χ1n) is 7.01. The van der Waals surface area contributed by atoms with Crippen LogP contribution in [-0.4, -0.2) is 36.3 Å². The van der Waals surface area contributed by atoms with E-state index in [0.29, 0.717) is 12.1 Å². The van der Waals surface area contributed by atoms with Gasteiger partial charge in [0, 0.05) is 18.7 Å². The van der Waals surface area contributed by atoms with Gasteiger partial charge in [0.1, 0.15) is 0 Å². The number of thioether (sulfide) groups is 1. The fraction of sp³-hybridized carbons (Fsp3) is 1.00. The van der Waals surface area contributed by atoms with E-state index in [1.54, 1.807) is 0 Å². The Labute approximate surface area is 110 Å². The van der Waals surface area contributed by atoms with Gasteiger partial charge in [-0.05, 0) is 42.6 Å². The van der Waals surface area contributed by atoms with Gasteiger partial charge < -0.3 is 10.1 Å². The highest BCUT2D eigenvalue weighted by Gasteiger charge is 2.32. The van der Waals surface area contributed by atoms with Gasteiger partial charge in [0.05, 0.1) is 6.10 Å². The highest BCUT2D eigenvalue weighted by atomic mass is 32.2. The maximum atomic E-state index is 5.92. The van der Waals surface area contributed by atoms with E-state index in [9.17, 15) is 0 Å². The summed E-state index contributed by atoms with van der Waals surface area (Å²) in [4.78, 5) is 0. The minimum absolute atomic E-state index is 0.281.